The summed E-state index contributed by atoms with van der Waals surface area (Å²) in [5.41, 5.74) is 0.972. The lowest BCUT2D eigenvalue weighted by Gasteiger charge is -2.42. The second kappa shape index (κ2) is 7.16. The van der Waals surface area contributed by atoms with E-state index in [1.54, 1.807) is 0 Å². The van der Waals surface area contributed by atoms with Gasteiger partial charge in [-0.25, -0.2) is 4.39 Å². The maximum atomic E-state index is 13.1. The Kier molecular flexibility index (Phi) is 4.88. The maximum Gasteiger partial charge on any atom is 0.230 e. The number of halogens is 1. The Morgan fingerprint density at radius 3 is 2.31 bits per heavy atom. The van der Waals surface area contributed by atoms with Crippen LogP contribution in [0.25, 0.3) is 0 Å². The number of anilines is 1. The van der Waals surface area contributed by atoms with Gasteiger partial charge in [-0.05, 0) is 63.5 Å². The van der Waals surface area contributed by atoms with Crippen LogP contribution in [-0.4, -0.2) is 67.7 Å². The lowest BCUT2D eigenvalue weighted by atomic mass is 9.77. The third-order valence-corrected chi connectivity index (χ3v) is 6.59. The Balaban J connectivity index is 1.35. The predicted molar refractivity (Wildman–Crippen MR) is 101 cm³/mol. The molecule has 0 radical (unpaired) electrons. The van der Waals surface area contributed by atoms with Crippen molar-refractivity contribution in [2.75, 3.05) is 50.7 Å². The summed E-state index contributed by atoms with van der Waals surface area (Å²) in [6.45, 7) is 8.66. The van der Waals surface area contributed by atoms with Gasteiger partial charge in [-0.1, -0.05) is 0 Å². The zero-order valence-corrected chi connectivity index (χ0v) is 15.6. The number of piperazine rings is 1. The fourth-order valence-corrected chi connectivity index (χ4v) is 4.78. The third-order valence-electron chi connectivity index (χ3n) is 6.59. The molecule has 26 heavy (non-hydrogen) atoms. The Hall–Kier alpha value is -1.66. The monoisotopic (exact) mass is 360 g/mol. The molecular weight excluding hydrogens is 331 g/mol. The zero-order valence-electron chi connectivity index (χ0n) is 15.6. The van der Waals surface area contributed by atoms with Crippen LogP contribution in [0.15, 0.2) is 24.3 Å². The van der Waals surface area contributed by atoms with Gasteiger partial charge in [0.15, 0.2) is 0 Å². The van der Waals surface area contributed by atoms with Gasteiger partial charge in [-0.15, -0.1) is 0 Å². The normalized spacial score (nSPS) is 25.1. The van der Waals surface area contributed by atoms with Crippen molar-refractivity contribution in [3.05, 3.63) is 30.1 Å². The average molecular weight is 360 g/mol. The first-order valence-electron chi connectivity index (χ1n) is 9.85. The van der Waals surface area contributed by atoms with Gasteiger partial charge < -0.3 is 15.1 Å². The van der Waals surface area contributed by atoms with Crippen molar-refractivity contribution in [3.8, 4) is 0 Å². The summed E-state index contributed by atoms with van der Waals surface area (Å²) in [7, 11) is 0. The molecule has 5 nitrogen and oxygen atoms in total. The van der Waals surface area contributed by atoms with E-state index in [0.717, 1.165) is 70.8 Å². The molecule has 142 valence electrons. The summed E-state index contributed by atoms with van der Waals surface area (Å²) in [5, 5.41) is 3.38. The Morgan fingerprint density at radius 2 is 1.65 bits per heavy atom. The van der Waals surface area contributed by atoms with E-state index >= 15 is 0 Å². The second-order valence-corrected chi connectivity index (χ2v) is 7.91. The molecule has 1 unspecified atom stereocenters. The Bertz CT molecular complexity index is 636. The molecular formula is C20H29FN4O. The number of likely N-dealkylation sites (tertiary alicyclic amines) is 1. The van der Waals surface area contributed by atoms with Crippen molar-refractivity contribution in [2.45, 2.75) is 32.4 Å². The van der Waals surface area contributed by atoms with E-state index in [-0.39, 0.29) is 17.4 Å². The van der Waals surface area contributed by atoms with Crippen molar-refractivity contribution >= 4 is 11.6 Å². The number of nitrogens with zero attached hydrogens (tertiary/aromatic N) is 3. The van der Waals surface area contributed by atoms with Crippen LogP contribution < -0.4 is 10.2 Å². The molecule has 1 amide bonds. The quantitative estimate of drug-likeness (QED) is 0.894. The molecule has 1 spiro atoms. The fraction of sp³-hybridized carbons (Fsp3) is 0.650. The van der Waals surface area contributed by atoms with E-state index in [2.05, 4.69) is 26.9 Å². The highest BCUT2D eigenvalue weighted by molar-refractivity contribution is 5.85. The van der Waals surface area contributed by atoms with Gasteiger partial charge in [0.1, 0.15) is 5.82 Å². The first-order chi connectivity index (χ1) is 12.6. The number of piperidine rings is 1. The van der Waals surface area contributed by atoms with Crippen LogP contribution in [0.4, 0.5) is 10.1 Å². The molecule has 0 aliphatic carbocycles. The van der Waals surface area contributed by atoms with Gasteiger partial charge >= 0.3 is 0 Å². The summed E-state index contributed by atoms with van der Waals surface area (Å²) < 4.78 is 13.1. The fourth-order valence-electron chi connectivity index (χ4n) is 4.78. The number of amides is 1. The molecule has 1 atom stereocenters. The van der Waals surface area contributed by atoms with Crippen molar-refractivity contribution in [3.63, 3.8) is 0 Å². The van der Waals surface area contributed by atoms with E-state index < -0.39 is 0 Å². The van der Waals surface area contributed by atoms with E-state index in [4.69, 9.17) is 0 Å². The molecule has 3 aliphatic heterocycles. The molecule has 0 aromatic heterocycles. The first kappa shape index (κ1) is 17.7. The summed E-state index contributed by atoms with van der Waals surface area (Å²) >= 11 is 0. The van der Waals surface area contributed by atoms with Crippen LogP contribution in [0.3, 0.4) is 0 Å². The van der Waals surface area contributed by atoms with Gasteiger partial charge in [0.25, 0.3) is 0 Å². The minimum Gasteiger partial charge on any atom is -0.369 e. The summed E-state index contributed by atoms with van der Waals surface area (Å²) in [4.78, 5) is 19.9. The van der Waals surface area contributed by atoms with Crippen molar-refractivity contribution in [2.24, 2.45) is 5.41 Å². The van der Waals surface area contributed by atoms with Crippen LogP contribution >= 0.6 is 0 Å². The highest BCUT2D eigenvalue weighted by Crippen LogP contribution is 2.41. The van der Waals surface area contributed by atoms with Crippen LogP contribution in [0.1, 0.15) is 26.2 Å². The molecule has 1 N–H and O–H groups in total. The third kappa shape index (κ3) is 3.21. The number of hydrogen-bond donors (Lipinski definition) is 1. The lowest BCUT2D eigenvalue weighted by molar-refractivity contribution is -0.142. The van der Waals surface area contributed by atoms with Gasteiger partial charge in [-0.2, -0.15) is 0 Å². The number of hydrogen-bond acceptors (Lipinski definition) is 4. The Labute approximate surface area is 155 Å². The van der Waals surface area contributed by atoms with Gasteiger partial charge in [0.05, 0.1) is 11.6 Å². The number of nitrogens with one attached hydrogen (secondary N) is 1. The SMILES string of the molecule is CC(N1CCN(c2ccc(F)cc2)CC1)N1CCC2(CCNCC2)C1=O. The minimum absolute atomic E-state index is 0.102. The highest BCUT2D eigenvalue weighted by Gasteiger charge is 2.48. The van der Waals surface area contributed by atoms with E-state index in [1.165, 1.54) is 12.1 Å². The smallest absolute Gasteiger partial charge is 0.230 e. The van der Waals surface area contributed by atoms with Crippen molar-refractivity contribution in [1.29, 1.82) is 0 Å². The molecule has 0 saturated carbocycles. The van der Waals surface area contributed by atoms with Crippen LogP contribution in [0.5, 0.6) is 0 Å². The van der Waals surface area contributed by atoms with Crippen molar-refractivity contribution < 1.29 is 9.18 Å². The number of carbonyl (C=O) groups is 1. The molecule has 1 aromatic rings. The van der Waals surface area contributed by atoms with Crippen LogP contribution in [-0.2, 0) is 4.79 Å². The predicted octanol–water partition coefficient (Wildman–Crippen LogP) is 1.90. The first-order valence-corrected chi connectivity index (χ1v) is 9.85. The second-order valence-electron chi connectivity index (χ2n) is 7.91. The Morgan fingerprint density at radius 1 is 1.00 bits per heavy atom. The van der Waals surface area contributed by atoms with Crippen molar-refractivity contribution in [1.82, 2.24) is 15.1 Å². The molecule has 3 heterocycles. The molecule has 3 saturated heterocycles. The largest absolute Gasteiger partial charge is 0.369 e. The van der Waals surface area contributed by atoms with Crippen LogP contribution in [0, 0.1) is 11.2 Å². The standard InChI is InChI=1S/C20H29FN4O/c1-16(25-11-8-20(19(25)26)6-9-22-10-7-20)23-12-14-24(15-13-23)18-4-2-17(21)3-5-18/h2-5,16,22H,6-15H2,1H3. The van der Waals surface area contributed by atoms with Gasteiger partial charge in [0.2, 0.25) is 5.91 Å². The van der Waals surface area contributed by atoms with E-state index in [1.807, 2.05) is 12.1 Å². The molecule has 3 aliphatic rings. The molecule has 0 bridgehead atoms. The minimum atomic E-state index is -0.194. The summed E-state index contributed by atoms with van der Waals surface area (Å²) in [6, 6.07) is 6.73. The lowest BCUT2D eigenvalue weighted by Crippen LogP contribution is -2.56. The molecule has 6 heteroatoms. The average Bonchev–Trinajstić information content (AvgIpc) is 2.98. The number of benzene rings is 1. The molecule has 3 fully saturated rings. The van der Waals surface area contributed by atoms with Crippen LogP contribution in [0.2, 0.25) is 0 Å². The van der Waals surface area contributed by atoms with Gasteiger partial charge in [0, 0.05) is 38.4 Å². The van der Waals surface area contributed by atoms with E-state index in [0.29, 0.717) is 5.91 Å². The molecule has 1 aromatic carbocycles. The topological polar surface area (TPSA) is 38.8 Å². The summed E-state index contributed by atoms with van der Waals surface area (Å²) in [5.74, 6) is 0.174. The van der Waals surface area contributed by atoms with Gasteiger partial charge in [-0.3, -0.25) is 9.69 Å². The highest BCUT2D eigenvalue weighted by atomic mass is 19.1. The van der Waals surface area contributed by atoms with E-state index in [9.17, 15) is 9.18 Å². The maximum absolute atomic E-state index is 13.1. The zero-order chi connectivity index (χ0) is 18.1. The summed E-state index contributed by atoms with van der Waals surface area (Å²) in [6.07, 6.45) is 3.13. The number of rotatable bonds is 3. The molecule has 4 rings (SSSR count). The number of carbonyl (C=O) groups excluding carboxylic acids is 1.